The molecule has 10 nitrogen and oxygen atoms in total. The summed E-state index contributed by atoms with van der Waals surface area (Å²) in [7, 11) is 1.81. The summed E-state index contributed by atoms with van der Waals surface area (Å²) in [6, 6.07) is 7.33. The molecule has 2 heterocycles. The minimum absolute atomic E-state index is 0.0861. The first-order chi connectivity index (χ1) is 17.9. The molecule has 0 fully saturated rings. The number of carbonyl (C=O) groups excluding carboxylic acids is 2. The Balaban J connectivity index is 1.53. The van der Waals surface area contributed by atoms with E-state index in [1.807, 2.05) is 32.3 Å². The van der Waals surface area contributed by atoms with Crippen LogP contribution >= 0.6 is 0 Å². The van der Waals surface area contributed by atoms with E-state index >= 15 is 0 Å². The summed E-state index contributed by atoms with van der Waals surface area (Å²) in [6.45, 7) is 10.2. The van der Waals surface area contributed by atoms with E-state index in [1.54, 1.807) is 50.9 Å². The van der Waals surface area contributed by atoms with Gasteiger partial charge in [-0.1, -0.05) is 13.0 Å². The Morgan fingerprint density at radius 3 is 2.66 bits per heavy atom. The Hall–Kier alpha value is -3.95. The van der Waals surface area contributed by atoms with Crippen molar-refractivity contribution in [1.29, 1.82) is 0 Å². The zero-order valence-corrected chi connectivity index (χ0v) is 23.0. The molecule has 2 amide bonds. The minimum atomic E-state index is -0.642. The molecule has 0 saturated heterocycles. The molecule has 0 aliphatic carbocycles. The number of carbonyl (C=O) groups is 2. The average Bonchev–Trinajstić information content (AvgIpc) is 2.83. The van der Waals surface area contributed by atoms with E-state index in [0.717, 1.165) is 12.0 Å². The fourth-order valence-corrected chi connectivity index (χ4v) is 3.89. The first kappa shape index (κ1) is 28.6. The topological polar surface area (TPSA) is 127 Å². The number of amides is 2. The lowest BCUT2D eigenvalue weighted by molar-refractivity contribution is -0.130. The fourth-order valence-electron chi connectivity index (χ4n) is 3.89. The predicted octanol–water partition coefficient (Wildman–Crippen LogP) is 4.77. The summed E-state index contributed by atoms with van der Waals surface area (Å²) in [5.41, 5.74) is 1.35. The number of aryl methyl sites for hydroxylation is 1. The summed E-state index contributed by atoms with van der Waals surface area (Å²) in [5, 5.41) is 6.01. The highest BCUT2D eigenvalue weighted by atomic mass is 16.6. The second-order valence-electron chi connectivity index (χ2n) is 10.5. The van der Waals surface area contributed by atoms with Gasteiger partial charge in [0.1, 0.15) is 5.60 Å². The minimum Gasteiger partial charge on any atom is -0.444 e. The largest absolute Gasteiger partial charge is 0.444 e. The van der Waals surface area contributed by atoms with Crippen molar-refractivity contribution in [3.63, 3.8) is 0 Å². The molecule has 38 heavy (non-hydrogen) atoms. The van der Waals surface area contributed by atoms with Crippen LogP contribution in [0.15, 0.2) is 45.9 Å². The zero-order chi connectivity index (χ0) is 27.9. The van der Waals surface area contributed by atoms with E-state index in [0.29, 0.717) is 42.7 Å². The molecule has 2 N–H and O–H groups in total. The van der Waals surface area contributed by atoms with E-state index in [2.05, 4.69) is 20.6 Å². The highest BCUT2D eigenvalue weighted by molar-refractivity contribution is 5.93. The molecule has 0 saturated carbocycles. The van der Waals surface area contributed by atoms with Gasteiger partial charge in [-0.15, -0.1) is 0 Å². The number of pyridine rings is 1. The second kappa shape index (κ2) is 12.5. The van der Waals surface area contributed by atoms with Gasteiger partial charge < -0.3 is 19.4 Å². The van der Waals surface area contributed by atoms with Gasteiger partial charge in [0, 0.05) is 44.6 Å². The van der Waals surface area contributed by atoms with Gasteiger partial charge in [-0.25, -0.2) is 9.59 Å². The third kappa shape index (κ3) is 8.29. The van der Waals surface area contributed by atoms with Crippen LogP contribution in [0.25, 0.3) is 10.9 Å². The lowest BCUT2D eigenvalue weighted by Gasteiger charge is -2.20. The lowest BCUT2D eigenvalue weighted by atomic mass is 10.0. The normalized spacial score (nSPS) is 12.2. The molecule has 2 aromatic heterocycles. The van der Waals surface area contributed by atoms with Crippen molar-refractivity contribution in [2.75, 3.05) is 30.8 Å². The van der Waals surface area contributed by atoms with Gasteiger partial charge in [-0.2, -0.15) is 4.98 Å². The van der Waals surface area contributed by atoms with Crippen LogP contribution in [0.4, 0.5) is 16.5 Å². The number of aromatic nitrogens is 2. The molecule has 10 heteroatoms. The number of hydrogen-bond acceptors (Lipinski definition) is 8. The van der Waals surface area contributed by atoms with Crippen molar-refractivity contribution in [3.05, 3.63) is 58.2 Å². The number of anilines is 2. The molecule has 0 radical (unpaired) electrons. The van der Waals surface area contributed by atoms with Gasteiger partial charge in [-0.3, -0.25) is 15.1 Å². The average molecular weight is 524 g/mol. The van der Waals surface area contributed by atoms with Gasteiger partial charge in [0.15, 0.2) is 0 Å². The Morgan fingerprint density at radius 1 is 1.21 bits per heavy atom. The summed E-state index contributed by atoms with van der Waals surface area (Å²) in [4.78, 5) is 47.7. The van der Waals surface area contributed by atoms with Crippen molar-refractivity contribution in [2.24, 2.45) is 5.92 Å². The Morgan fingerprint density at radius 2 is 1.97 bits per heavy atom. The highest BCUT2D eigenvalue weighted by Gasteiger charge is 2.19. The highest BCUT2D eigenvalue weighted by Crippen LogP contribution is 2.24. The second-order valence-corrected chi connectivity index (χ2v) is 10.5. The third-order valence-corrected chi connectivity index (χ3v) is 6.02. The summed E-state index contributed by atoms with van der Waals surface area (Å²) >= 11 is 0. The molecular formula is C28H37N5O5. The molecular weight excluding hydrogens is 486 g/mol. The van der Waals surface area contributed by atoms with Crippen LogP contribution in [-0.2, 0) is 16.0 Å². The number of likely N-dealkylation sites (N-methyl/N-ethyl adjacent to an activating group) is 1. The summed E-state index contributed by atoms with van der Waals surface area (Å²) in [5.74, 6) is 0.217. The van der Waals surface area contributed by atoms with Gasteiger partial charge in [0.25, 0.3) is 6.01 Å². The van der Waals surface area contributed by atoms with Crippen LogP contribution in [0.3, 0.4) is 0 Å². The molecule has 204 valence electrons. The van der Waals surface area contributed by atoms with E-state index in [1.165, 1.54) is 0 Å². The quantitative estimate of drug-likeness (QED) is 0.389. The number of nitrogens with zero attached hydrogens (tertiary/aromatic N) is 3. The van der Waals surface area contributed by atoms with E-state index < -0.39 is 17.3 Å². The Bertz CT molecular complexity index is 1320. The van der Waals surface area contributed by atoms with E-state index in [-0.39, 0.29) is 23.2 Å². The molecule has 0 aliphatic heterocycles. The molecule has 0 aliphatic rings. The maximum absolute atomic E-state index is 12.7. The van der Waals surface area contributed by atoms with Crippen LogP contribution < -0.4 is 16.3 Å². The fraction of sp³-hybridized carbons (Fsp3) is 0.464. The zero-order valence-electron chi connectivity index (χ0n) is 23.0. The van der Waals surface area contributed by atoms with Crippen LogP contribution in [0, 0.1) is 12.8 Å². The maximum Gasteiger partial charge on any atom is 0.412 e. The van der Waals surface area contributed by atoms with Crippen LogP contribution in [-0.4, -0.2) is 52.6 Å². The number of ether oxygens (including phenoxy) is 1. The Labute approximate surface area is 222 Å². The molecule has 1 atom stereocenters. The summed E-state index contributed by atoms with van der Waals surface area (Å²) in [6.07, 6.45) is 4.82. The standard InChI is InChI=1S/C28H37N5O5/c1-18(16-23(34)33(6)15-12-20-8-7-13-29-17-20)11-14-30-26-31-22-10-9-21(19(2)24(22)25(35)37-26)32-27(36)38-28(3,4)5/h7-10,13,17-18H,11-12,14-16H2,1-6H3,(H,30,31)(H,32,36). The predicted molar refractivity (Wildman–Crippen MR) is 147 cm³/mol. The molecule has 0 spiro atoms. The van der Waals surface area contributed by atoms with Crippen LogP contribution in [0.2, 0.25) is 0 Å². The SMILES string of the molecule is Cc1c(NC(=O)OC(C)(C)C)ccc2nc(NCCC(C)CC(=O)N(C)CCc3cccnc3)oc(=O)c12. The number of fused-ring (bicyclic) bond motifs is 1. The smallest absolute Gasteiger partial charge is 0.412 e. The number of rotatable bonds is 10. The molecule has 3 aromatic rings. The van der Waals surface area contributed by atoms with Gasteiger partial charge in [0.05, 0.1) is 10.9 Å². The molecule has 3 rings (SSSR count). The first-order valence-corrected chi connectivity index (χ1v) is 12.7. The van der Waals surface area contributed by atoms with Gasteiger partial charge >= 0.3 is 11.7 Å². The lowest BCUT2D eigenvalue weighted by Crippen LogP contribution is -2.30. The van der Waals surface area contributed by atoms with Crippen molar-refractivity contribution in [3.8, 4) is 0 Å². The molecule has 0 bridgehead atoms. The van der Waals surface area contributed by atoms with Gasteiger partial charge in [-0.05, 0) is 75.8 Å². The van der Waals surface area contributed by atoms with Crippen molar-refractivity contribution in [2.45, 2.75) is 59.5 Å². The van der Waals surface area contributed by atoms with Gasteiger partial charge in [0.2, 0.25) is 5.91 Å². The number of hydrogen-bond donors (Lipinski definition) is 2. The third-order valence-electron chi connectivity index (χ3n) is 6.02. The van der Waals surface area contributed by atoms with E-state index in [4.69, 9.17) is 9.15 Å². The van der Waals surface area contributed by atoms with E-state index in [9.17, 15) is 14.4 Å². The monoisotopic (exact) mass is 523 g/mol. The van der Waals surface area contributed by atoms with Crippen molar-refractivity contribution < 1.29 is 18.7 Å². The number of nitrogens with one attached hydrogen (secondary N) is 2. The first-order valence-electron chi connectivity index (χ1n) is 12.7. The van der Waals surface area contributed by atoms with Crippen LogP contribution in [0.1, 0.15) is 51.7 Å². The summed E-state index contributed by atoms with van der Waals surface area (Å²) < 4.78 is 10.7. The number of benzene rings is 1. The van der Waals surface area contributed by atoms with Crippen LogP contribution in [0.5, 0.6) is 0 Å². The van der Waals surface area contributed by atoms with Crippen molar-refractivity contribution >= 4 is 34.6 Å². The molecule has 1 aromatic carbocycles. The van der Waals surface area contributed by atoms with Crippen molar-refractivity contribution in [1.82, 2.24) is 14.9 Å². The Kier molecular flexibility index (Phi) is 9.44. The maximum atomic E-state index is 12.7. The molecule has 1 unspecified atom stereocenters.